The molecule has 0 saturated heterocycles. The van der Waals surface area contributed by atoms with Crippen LogP contribution in [0.15, 0.2) is 25.0 Å². The molecule has 14 atom stereocenters. The number of aliphatic hydroxyl groups is 2. The Morgan fingerprint density at radius 2 is 0.612 bits per heavy atom. The molecule has 0 heterocycles. The molecule has 0 aliphatic rings. The van der Waals surface area contributed by atoms with E-state index in [0.29, 0.717) is 38.6 Å². The molecule has 0 bridgehead atoms. The van der Waals surface area contributed by atoms with E-state index in [4.69, 9.17) is 86.0 Å². The Balaban J connectivity index is 7.35. The number of aliphatic hydroxyl groups excluding tert-OH is 2. The zero-order valence-electron chi connectivity index (χ0n) is 74.1. The molecule has 0 aliphatic carbocycles. The van der Waals surface area contributed by atoms with Crippen molar-refractivity contribution < 1.29 is 92.0 Å². The Bertz CT molecular complexity index is 3690. The number of hydrogen-bond acceptors (Lipinski definition) is 28. The summed E-state index contributed by atoms with van der Waals surface area (Å²) in [5.41, 5.74) is 83.6. The van der Waals surface area contributed by atoms with E-state index >= 15 is 0 Å². The molecule has 0 aromatic heterocycles. The summed E-state index contributed by atoms with van der Waals surface area (Å²) in [6.45, 7) is 2.52. The minimum Gasteiger partial charge on any atom is -0.480 e. The van der Waals surface area contributed by atoms with Gasteiger partial charge < -0.3 is 176 Å². The van der Waals surface area contributed by atoms with Crippen LogP contribution in [-0.2, 0) is 76.7 Å². The van der Waals surface area contributed by atoms with Crippen molar-refractivity contribution >= 4 is 136 Å². The molecule has 0 spiro atoms. The van der Waals surface area contributed by atoms with E-state index in [9.17, 15) is 92.0 Å². The van der Waals surface area contributed by atoms with Gasteiger partial charge in [0.1, 0.15) is 72.5 Å². The van der Waals surface area contributed by atoms with Crippen LogP contribution in [0.1, 0.15) is 168 Å². The van der Waals surface area contributed by atoms with Crippen molar-refractivity contribution in [2.75, 3.05) is 84.1 Å². The number of hydrogen-bond donors (Lipinski definition) is 32. The predicted molar refractivity (Wildman–Crippen MR) is 483 cm³/mol. The van der Waals surface area contributed by atoms with Crippen molar-refractivity contribution in [1.29, 1.82) is 0 Å². The molecule has 0 fully saturated rings. The fraction of sp³-hybridized carbons (Fsp3) is 0.720. The third-order valence-corrected chi connectivity index (χ3v) is 19.6. The topological polar surface area (TPSA) is 954 Å². The molecule has 0 aromatic carbocycles. The smallest absolute Gasteiger partial charge is 0.326 e. The quantitative estimate of drug-likeness (QED) is 0.0153. The number of thioether (sulfide) groups is 1. The maximum Gasteiger partial charge on any atom is 0.326 e. The van der Waals surface area contributed by atoms with Crippen molar-refractivity contribution in [2.45, 2.75) is 253 Å². The number of amides is 15. The van der Waals surface area contributed by atoms with Gasteiger partial charge in [-0.2, -0.15) is 11.8 Å². The summed E-state index contributed by atoms with van der Waals surface area (Å²) >= 11 is 1.31. The lowest BCUT2D eigenvalue weighted by atomic mass is 10.0. The second-order valence-corrected chi connectivity index (χ2v) is 31.6. The number of unbranched alkanes of at least 4 members (excludes halogenated alkanes) is 3. The summed E-state index contributed by atoms with van der Waals surface area (Å²) in [5, 5.41) is 66.7. The first-order valence-electron chi connectivity index (χ1n) is 42.6. The minimum absolute atomic E-state index is 0.00204. The van der Waals surface area contributed by atoms with Crippen LogP contribution in [0.25, 0.3) is 0 Å². The molecule has 0 rings (SSSR count). The van der Waals surface area contributed by atoms with E-state index in [0.717, 1.165) is 6.92 Å². The molecular formula is C75H144N34O19S. The van der Waals surface area contributed by atoms with Gasteiger partial charge >= 0.3 is 5.97 Å². The van der Waals surface area contributed by atoms with Gasteiger partial charge in [-0.15, -0.1) is 0 Å². The van der Waals surface area contributed by atoms with Crippen molar-refractivity contribution in [3.63, 3.8) is 0 Å². The molecule has 0 radical (unpaired) electrons. The van der Waals surface area contributed by atoms with E-state index in [1.54, 1.807) is 20.1 Å². The summed E-state index contributed by atoms with van der Waals surface area (Å²) in [4.78, 5) is 241. The zero-order valence-corrected chi connectivity index (χ0v) is 74.9. The van der Waals surface area contributed by atoms with Crippen molar-refractivity contribution in [1.82, 2.24) is 74.4 Å². The number of primary amides is 1. The molecule has 0 aromatic rings. The van der Waals surface area contributed by atoms with Crippen LogP contribution in [-0.4, -0.2) is 308 Å². The van der Waals surface area contributed by atoms with Gasteiger partial charge in [0.25, 0.3) is 0 Å². The fourth-order valence-corrected chi connectivity index (χ4v) is 12.6. The first-order chi connectivity index (χ1) is 60.9. The number of carbonyl (C=O) groups excluding carboxylic acids is 15. The van der Waals surface area contributed by atoms with E-state index in [1.165, 1.54) is 11.8 Å². The van der Waals surface area contributed by atoms with Crippen molar-refractivity contribution in [3.05, 3.63) is 0 Å². The van der Waals surface area contributed by atoms with Gasteiger partial charge in [0.15, 0.2) is 29.8 Å². The van der Waals surface area contributed by atoms with Crippen LogP contribution in [0, 0.1) is 5.92 Å². The van der Waals surface area contributed by atoms with Crippen LogP contribution < -0.4 is 160 Å². The van der Waals surface area contributed by atoms with Gasteiger partial charge in [-0.3, -0.25) is 96.9 Å². The normalized spacial score (nSPS) is 14.2. The van der Waals surface area contributed by atoms with Crippen LogP contribution in [0.5, 0.6) is 0 Å². The number of nitrogens with two attached hydrogens (primary N) is 15. The van der Waals surface area contributed by atoms with Gasteiger partial charge in [0.2, 0.25) is 88.6 Å². The Hall–Kier alpha value is -12.0. The highest BCUT2D eigenvalue weighted by Crippen LogP contribution is 2.15. The van der Waals surface area contributed by atoms with Crippen LogP contribution >= 0.6 is 11.8 Å². The highest BCUT2D eigenvalue weighted by molar-refractivity contribution is 7.98. The Labute approximate surface area is 753 Å². The highest BCUT2D eigenvalue weighted by Gasteiger charge is 2.39. The Kier molecular flexibility index (Phi) is 61.0. The van der Waals surface area contributed by atoms with Gasteiger partial charge in [-0.05, 0) is 179 Å². The molecular weight excluding hydrogens is 1710 g/mol. The highest BCUT2D eigenvalue weighted by atomic mass is 32.2. The number of nitrogens with zero attached hydrogens (tertiary/aromatic N) is 5. The van der Waals surface area contributed by atoms with Crippen LogP contribution in [0.4, 0.5) is 0 Å². The van der Waals surface area contributed by atoms with Gasteiger partial charge in [-0.25, -0.2) is 4.79 Å². The van der Waals surface area contributed by atoms with Gasteiger partial charge in [0.05, 0.1) is 31.8 Å². The number of aliphatic carboxylic acids is 1. The Morgan fingerprint density at radius 3 is 0.938 bits per heavy atom. The monoisotopic (exact) mass is 1860 g/mol. The first-order valence-corrected chi connectivity index (χ1v) is 43.9. The molecule has 129 heavy (non-hydrogen) atoms. The summed E-state index contributed by atoms with van der Waals surface area (Å²) in [5.74, 6) is -17.7. The molecule has 54 heteroatoms. The lowest BCUT2D eigenvalue weighted by Gasteiger charge is -2.29. The largest absolute Gasteiger partial charge is 0.480 e. The third-order valence-electron chi connectivity index (χ3n) is 19.0. The lowest BCUT2D eigenvalue weighted by molar-refractivity contribution is -0.142. The Morgan fingerprint density at radius 1 is 0.326 bits per heavy atom. The maximum absolute atomic E-state index is 14.7. The number of rotatable bonds is 71. The van der Waals surface area contributed by atoms with E-state index in [-0.39, 0.29) is 190 Å². The van der Waals surface area contributed by atoms with Crippen LogP contribution in [0.2, 0.25) is 0 Å². The number of carboxylic acid groups (broad SMARTS) is 1. The number of guanidine groups is 5. The fourth-order valence-electron chi connectivity index (χ4n) is 12.1. The number of carboxylic acids is 1. The number of aliphatic imine (C=N–C) groups is 5. The maximum atomic E-state index is 14.7. The second kappa shape index (κ2) is 67.3. The van der Waals surface area contributed by atoms with Gasteiger partial charge in [0, 0.05) is 39.1 Å². The standard InChI is InChI=1S/C75H144N34O19S/c1-40(2)36-52(107-66(123)50(26-35-129-4)104-60(117)44(17-6-9-28-77)99-59(116)43(19-11-30-91-71(81)82)98-56(114)38-96-55(113)37-97-58(115)42(79)16-5-8-27-76)67(124)102-45(18-7-10-29-78)64(121)108-53(39-110)68(125)109-57(41(3)111)69(126)105-48(22-14-33-94-74(87)88)62(119)100-46(20-12-31-92-72(83)84)61(118)103-49(24-25-54(80)112)65(122)101-47(21-13-32-93-73(85)86)63(120)106-51(70(127)128)23-15-34-95-75(89)90/h40-53,57,110-111H,5-39,76-79H2,1-4H3,(H2,80,112)(H,96,113)(H,97,115)(H,98,114)(H,99,116)(H,100,119)(H,101,122)(H,102,124)(H,103,118)(H,104,117)(H,105,126)(H,106,120)(H,107,123)(H,108,121)(H,109,125)(H,127,128)(H4,81,82,91)(H4,83,84,92)(H4,85,86,93)(H4,87,88,94)(H4,89,90,95). The van der Waals surface area contributed by atoms with E-state index in [2.05, 4.69) is 99.4 Å². The molecule has 734 valence electrons. The average Bonchev–Trinajstić information content (AvgIpc) is 0.856. The SMILES string of the molecule is CSCCC(NC(=O)C(CCCCN)NC(=O)C(CCCN=C(N)N)NC(=O)CNC(=O)CNC(=O)C(N)CCCCN)C(=O)NC(CC(C)C)C(=O)NC(CCCCN)C(=O)NC(CO)C(=O)NC(C(=O)NC(CCCN=C(N)N)C(=O)NC(CCCN=C(N)N)C(=O)NC(CCC(N)=O)C(=O)NC(CCCN=C(N)N)C(=O)NC(CCCN=C(N)N)C(=O)O)C(C)O. The molecule has 14 unspecified atom stereocenters. The summed E-state index contributed by atoms with van der Waals surface area (Å²) in [6.07, 6.45) is 0.133. The molecule has 15 amide bonds. The predicted octanol–water partition coefficient (Wildman–Crippen LogP) is -13.5. The van der Waals surface area contributed by atoms with Gasteiger partial charge in [-0.1, -0.05) is 20.3 Å². The summed E-state index contributed by atoms with van der Waals surface area (Å²) < 4.78 is 0. The summed E-state index contributed by atoms with van der Waals surface area (Å²) in [6, 6.07) is -20.2. The van der Waals surface area contributed by atoms with E-state index in [1.807, 2.05) is 0 Å². The molecule has 53 nitrogen and oxygen atoms in total. The zero-order chi connectivity index (χ0) is 97.7. The first kappa shape index (κ1) is 117. The average molecular weight is 1860 g/mol. The van der Waals surface area contributed by atoms with E-state index < -0.39 is 212 Å². The molecule has 47 N–H and O–H groups in total. The lowest BCUT2D eigenvalue weighted by Crippen LogP contribution is -2.62. The van der Waals surface area contributed by atoms with Crippen molar-refractivity contribution in [2.24, 2.45) is 117 Å². The minimum atomic E-state index is -2.02. The van der Waals surface area contributed by atoms with Crippen molar-refractivity contribution in [3.8, 4) is 0 Å². The number of nitrogens with one attached hydrogen (secondary N) is 14. The second-order valence-electron chi connectivity index (χ2n) is 30.6. The molecule has 0 saturated carbocycles. The van der Waals surface area contributed by atoms with Crippen LogP contribution in [0.3, 0.4) is 0 Å². The third kappa shape index (κ3) is 54.0. The number of carbonyl (C=O) groups is 16. The summed E-state index contributed by atoms with van der Waals surface area (Å²) in [7, 11) is 0. The molecule has 0 aliphatic heterocycles.